The number of nitrogens with one attached hydrogen (secondary N) is 1. The Kier molecular flexibility index (Phi) is 4.43. The molecule has 0 amide bonds. The van der Waals surface area contributed by atoms with Gasteiger partial charge in [-0.15, -0.1) is 0 Å². The second kappa shape index (κ2) is 7.78. The van der Waals surface area contributed by atoms with Crippen LogP contribution in [0.5, 0.6) is 0 Å². The quantitative estimate of drug-likeness (QED) is 0.176. The highest BCUT2D eigenvalue weighted by Crippen LogP contribution is 2.37. The van der Waals surface area contributed by atoms with Gasteiger partial charge in [-0.05, 0) is 60.8 Å². The van der Waals surface area contributed by atoms with Crippen LogP contribution < -0.4 is 5.43 Å². The molecule has 0 aliphatic carbocycles. The zero-order valence-corrected chi connectivity index (χ0v) is 19.0. The number of hydrazone groups is 1. The van der Waals surface area contributed by atoms with E-state index in [0.29, 0.717) is 17.8 Å². The lowest BCUT2D eigenvalue weighted by Crippen LogP contribution is -2.22. The summed E-state index contributed by atoms with van der Waals surface area (Å²) in [5.41, 5.74) is 5.60. The van der Waals surface area contributed by atoms with E-state index in [0.717, 1.165) is 21.5 Å². The monoisotopic (exact) mass is 450 g/mol. The van der Waals surface area contributed by atoms with Crippen LogP contribution in [0.4, 0.5) is 0 Å². The first-order chi connectivity index (χ1) is 17.3. The van der Waals surface area contributed by atoms with Crippen LogP contribution in [0.25, 0.3) is 43.1 Å². The van der Waals surface area contributed by atoms with Crippen LogP contribution in [-0.4, -0.2) is 18.0 Å². The van der Waals surface area contributed by atoms with E-state index in [1.54, 1.807) is 0 Å². The minimum absolute atomic E-state index is 0.0148. The van der Waals surface area contributed by atoms with Gasteiger partial charge < -0.3 is 5.43 Å². The molecule has 6 aromatic carbocycles. The van der Waals surface area contributed by atoms with Crippen molar-refractivity contribution >= 4 is 54.6 Å². The summed E-state index contributed by atoms with van der Waals surface area (Å²) >= 11 is 0. The van der Waals surface area contributed by atoms with Crippen molar-refractivity contribution in [2.24, 2.45) is 5.10 Å². The molecule has 1 N–H and O–H groups in total. The van der Waals surface area contributed by atoms with E-state index in [-0.39, 0.29) is 11.7 Å². The van der Waals surface area contributed by atoms with Crippen LogP contribution in [0, 0.1) is 0 Å². The smallest absolute Gasteiger partial charge is 0.210 e. The van der Waals surface area contributed by atoms with Gasteiger partial charge in [-0.1, -0.05) is 97.1 Å². The van der Waals surface area contributed by atoms with Crippen LogP contribution >= 0.6 is 0 Å². The Morgan fingerprint density at radius 1 is 0.629 bits per heavy atom. The summed E-state index contributed by atoms with van der Waals surface area (Å²) in [5, 5.41) is 13.6. The number of hydrogen-bond acceptors (Lipinski definition) is 3. The molecule has 166 valence electrons. The van der Waals surface area contributed by atoms with Crippen molar-refractivity contribution < 1.29 is 4.79 Å². The third kappa shape index (κ3) is 3.05. The number of ketones is 1. The Morgan fingerprint density at radius 2 is 1.14 bits per heavy atom. The molecule has 1 heterocycles. The SMILES string of the molecule is O=C(C1=NNCC1c1c2ccccc2cc2ccccc12)c1cc2ccccc2c2ccccc12. The molecule has 1 aliphatic heterocycles. The van der Waals surface area contributed by atoms with E-state index >= 15 is 0 Å². The molecule has 7 rings (SSSR count). The molecule has 0 fully saturated rings. The van der Waals surface area contributed by atoms with Crippen LogP contribution in [0.2, 0.25) is 0 Å². The Bertz CT molecular complexity index is 1780. The van der Waals surface area contributed by atoms with Gasteiger partial charge in [0.05, 0.1) is 5.92 Å². The highest BCUT2D eigenvalue weighted by Gasteiger charge is 2.32. The number of benzene rings is 6. The number of rotatable bonds is 3. The second-order valence-corrected chi connectivity index (χ2v) is 9.16. The first-order valence-corrected chi connectivity index (χ1v) is 12.0. The molecular formula is C32H22N2O. The van der Waals surface area contributed by atoms with Crippen molar-refractivity contribution in [1.29, 1.82) is 0 Å². The lowest BCUT2D eigenvalue weighted by molar-refractivity contribution is 0.106. The number of fused-ring (bicyclic) bond motifs is 5. The number of carbonyl (C=O) groups is 1. The summed E-state index contributed by atoms with van der Waals surface area (Å²) < 4.78 is 0. The van der Waals surface area contributed by atoms with Crippen LogP contribution in [-0.2, 0) is 0 Å². The predicted octanol–water partition coefficient (Wildman–Crippen LogP) is 7.23. The number of hydrogen-bond donors (Lipinski definition) is 1. The first-order valence-electron chi connectivity index (χ1n) is 12.0. The van der Waals surface area contributed by atoms with Crippen molar-refractivity contribution in [1.82, 2.24) is 5.43 Å². The molecule has 3 nitrogen and oxygen atoms in total. The molecular weight excluding hydrogens is 428 g/mol. The fraction of sp³-hybridized carbons (Fsp3) is 0.0625. The molecule has 0 saturated carbocycles. The Morgan fingerprint density at radius 3 is 1.80 bits per heavy atom. The Labute approximate surface area is 202 Å². The summed E-state index contributed by atoms with van der Waals surface area (Å²) in [7, 11) is 0. The highest BCUT2D eigenvalue weighted by molar-refractivity contribution is 6.50. The second-order valence-electron chi connectivity index (χ2n) is 9.16. The number of nitrogens with zero attached hydrogens (tertiary/aromatic N) is 1. The largest absolute Gasteiger partial charge is 0.309 e. The van der Waals surface area contributed by atoms with E-state index in [1.165, 1.54) is 27.1 Å². The predicted molar refractivity (Wildman–Crippen MR) is 145 cm³/mol. The highest BCUT2D eigenvalue weighted by atomic mass is 16.1. The molecule has 35 heavy (non-hydrogen) atoms. The molecule has 1 aliphatic rings. The summed E-state index contributed by atoms with van der Waals surface area (Å²) in [6.07, 6.45) is 0. The van der Waals surface area contributed by atoms with Crippen LogP contribution in [0.15, 0.2) is 114 Å². The van der Waals surface area contributed by atoms with Crippen molar-refractivity contribution in [2.75, 3.05) is 6.54 Å². The maximum absolute atomic E-state index is 14.2. The maximum Gasteiger partial charge on any atom is 0.210 e. The van der Waals surface area contributed by atoms with Gasteiger partial charge in [0.1, 0.15) is 5.71 Å². The minimum Gasteiger partial charge on any atom is -0.309 e. The van der Waals surface area contributed by atoms with Crippen LogP contribution in [0.1, 0.15) is 21.8 Å². The summed E-state index contributed by atoms with van der Waals surface area (Å²) in [6, 6.07) is 37.5. The van der Waals surface area contributed by atoms with Crippen molar-refractivity contribution in [3.8, 4) is 0 Å². The van der Waals surface area contributed by atoms with E-state index in [4.69, 9.17) is 0 Å². The standard InChI is InChI=1S/C32H22N2O/c35-32(28-18-22-11-1-4-12-23(22)26-15-7-8-16-27(26)28)31-29(19-33-34-31)30-24-13-5-2-9-20(24)17-21-10-3-6-14-25(21)30/h1-18,29,33H,19H2. The molecule has 1 atom stereocenters. The van der Waals surface area contributed by atoms with Gasteiger partial charge in [0.15, 0.2) is 0 Å². The Hall–Kier alpha value is -4.50. The molecule has 0 spiro atoms. The summed E-state index contributed by atoms with van der Waals surface area (Å²) in [6.45, 7) is 0.602. The van der Waals surface area contributed by atoms with Gasteiger partial charge in [-0.2, -0.15) is 5.10 Å². The fourth-order valence-electron chi connectivity index (χ4n) is 5.65. The van der Waals surface area contributed by atoms with Crippen molar-refractivity contribution in [3.05, 3.63) is 120 Å². The van der Waals surface area contributed by atoms with Gasteiger partial charge in [0, 0.05) is 12.1 Å². The average molecular weight is 451 g/mol. The average Bonchev–Trinajstić information content (AvgIpc) is 3.40. The normalized spacial score (nSPS) is 15.5. The summed E-state index contributed by atoms with van der Waals surface area (Å²) in [4.78, 5) is 14.2. The third-order valence-corrected chi connectivity index (χ3v) is 7.23. The maximum atomic E-state index is 14.2. The van der Waals surface area contributed by atoms with Crippen LogP contribution in [0.3, 0.4) is 0 Å². The van der Waals surface area contributed by atoms with Gasteiger partial charge in [0.2, 0.25) is 5.78 Å². The van der Waals surface area contributed by atoms with Gasteiger partial charge in [0.25, 0.3) is 0 Å². The summed E-state index contributed by atoms with van der Waals surface area (Å²) in [5.74, 6) is -0.150. The van der Waals surface area contributed by atoms with E-state index < -0.39 is 0 Å². The molecule has 0 bridgehead atoms. The molecule has 3 heteroatoms. The van der Waals surface area contributed by atoms with Gasteiger partial charge in [-0.25, -0.2) is 0 Å². The van der Waals surface area contributed by atoms with Gasteiger partial charge >= 0.3 is 0 Å². The molecule has 0 radical (unpaired) electrons. The lowest BCUT2D eigenvalue weighted by atomic mass is 9.83. The zero-order valence-electron chi connectivity index (χ0n) is 19.0. The third-order valence-electron chi connectivity index (χ3n) is 7.23. The first kappa shape index (κ1) is 19.9. The molecule has 1 unspecified atom stereocenters. The number of Topliss-reactive ketones (excluding diaryl/α,β-unsaturated/α-hetero) is 1. The fourth-order valence-corrected chi connectivity index (χ4v) is 5.65. The van der Waals surface area contributed by atoms with E-state index in [9.17, 15) is 4.79 Å². The Balaban J connectivity index is 1.45. The van der Waals surface area contributed by atoms with Crippen molar-refractivity contribution in [3.63, 3.8) is 0 Å². The molecule has 0 saturated heterocycles. The molecule has 6 aromatic rings. The lowest BCUT2D eigenvalue weighted by Gasteiger charge is -2.18. The topological polar surface area (TPSA) is 41.5 Å². The number of carbonyl (C=O) groups excluding carboxylic acids is 1. The van der Waals surface area contributed by atoms with Gasteiger partial charge in [-0.3, -0.25) is 4.79 Å². The minimum atomic E-state index is -0.135. The zero-order chi connectivity index (χ0) is 23.4. The van der Waals surface area contributed by atoms with E-state index in [1.807, 2.05) is 36.4 Å². The van der Waals surface area contributed by atoms with Crippen molar-refractivity contribution in [2.45, 2.75) is 5.92 Å². The van der Waals surface area contributed by atoms with E-state index in [2.05, 4.69) is 83.3 Å². The molecule has 0 aromatic heterocycles.